The number of fused-ring (bicyclic) bond motifs is 1. The van der Waals surface area contributed by atoms with Gasteiger partial charge in [0.15, 0.2) is 10.9 Å². The summed E-state index contributed by atoms with van der Waals surface area (Å²) < 4.78 is 14.6. The lowest BCUT2D eigenvalue weighted by Gasteiger charge is -2.17. The topological polar surface area (TPSA) is 67.8 Å². The summed E-state index contributed by atoms with van der Waals surface area (Å²) in [5, 5.41) is 0.520. The molecule has 26 heavy (non-hydrogen) atoms. The molecule has 0 radical (unpaired) electrons. The monoisotopic (exact) mass is 373 g/mol. The first kappa shape index (κ1) is 18.4. The first-order valence-corrected chi connectivity index (χ1v) is 9.42. The number of carbonyl (C=O) groups is 1. The Labute approximate surface area is 154 Å². The van der Waals surface area contributed by atoms with Crippen molar-refractivity contribution in [3.63, 3.8) is 0 Å². The Morgan fingerprint density at radius 3 is 2.69 bits per heavy atom. The Kier molecular flexibility index (Phi) is 5.27. The standard InChI is InChI=1S/C19H20FN3O2S/c1-4-12(3)23-18(25)17-15(9-11(2)21-17)22-19(23)26-10-16(24)13-5-7-14(20)8-6-13/h5-9,12,21H,4,10H2,1-3H3. The van der Waals surface area contributed by atoms with E-state index in [1.54, 1.807) is 4.57 Å². The van der Waals surface area contributed by atoms with Crippen LogP contribution in [0.4, 0.5) is 4.39 Å². The minimum atomic E-state index is -0.380. The molecular weight excluding hydrogens is 353 g/mol. The molecule has 0 bridgehead atoms. The predicted molar refractivity (Wildman–Crippen MR) is 102 cm³/mol. The Hall–Kier alpha value is -2.41. The van der Waals surface area contributed by atoms with E-state index in [1.807, 2.05) is 26.8 Å². The van der Waals surface area contributed by atoms with Crippen molar-refractivity contribution in [3.8, 4) is 0 Å². The van der Waals surface area contributed by atoms with Crippen LogP contribution in [-0.4, -0.2) is 26.1 Å². The predicted octanol–water partition coefficient (Wildman–Crippen LogP) is 4.12. The van der Waals surface area contributed by atoms with Crippen LogP contribution in [0.2, 0.25) is 0 Å². The van der Waals surface area contributed by atoms with Crippen molar-refractivity contribution in [2.75, 3.05) is 5.75 Å². The molecule has 1 N–H and O–H groups in total. The maximum Gasteiger partial charge on any atom is 0.278 e. The van der Waals surface area contributed by atoms with Gasteiger partial charge in [0, 0.05) is 17.3 Å². The number of ketones is 1. The van der Waals surface area contributed by atoms with Crippen molar-refractivity contribution < 1.29 is 9.18 Å². The minimum Gasteiger partial charge on any atom is -0.353 e. The molecule has 7 heteroatoms. The van der Waals surface area contributed by atoms with Gasteiger partial charge in [-0.3, -0.25) is 14.2 Å². The number of aryl methyl sites for hydroxylation is 1. The summed E-state index contributed by atoms with van der Waals surface area (Å²) in [5.41, 5.74) is 2.26. The second kappa shape index (κ2) is 7.45. The number of Topliss-reactive ketones (excluding diaryl/α,β-unsaturated/α-hetero) is 1. The summed E-state index contributed by atoms with van der Waals surface area (Å²) in [6.07, 6.45) is 0.770. The number of aromatic nitrogens is 3. The highest BCUT2D eigenvalue weighted by atomic mass is 32.2. The maximum absolute atomic E-state index is 13.0. The number of carbonyl (C=O) groups excluding carboxylic acids is 1. The zero-order valence-electron chi connectivity index (χ0n) is 14.9. The van der Waals surface area contributed by atoms with Gasteiger partial charge < -0.3 is 4.98 Å². The van der Waals surface area contributed by atoms with E-state index in [2.05, 4.69) is 9.97 Å². The SMILES string of the molecule is CCC(C)n1c(SCC(=O)c2ccc(F)cc2)nc2cc(C)[nH]c2c1=O. The molecule has 0 aliphatic rings. The van der Waals surface area contributed by atoms with Crippen LogP contribution < -0.4 is 5.56 Å². The number of halogens is 1. The average Bonchev–Trinajstić information content (AvgIpc) is 3.00. The zero-order valence-corrected chi connectivity index (χ0v) is 15.7. The van der Waals surface area contributed by atoms with Gasteiger partial charge in [0.05, 0.1) is 11.3 Å². The summed E-state index contributed by atoms with van der Waals surface area (Å²) >= 11 is 1.23. The van der Waals surface area contributed by atoms with Gasteiger partial charge in [-0.25, -0.2) is 9.37 Å². The minimum absolute atomic E-state index is 0.0357. The molecule has 1 unspecified atom stereocenters. The van der Waals surface area contributed by atoms with Gasteiger partial charge in [-0.15, -0.1) is 0 Å². The van der Waals surface area contributed by atoms with Crippen LogP contribution >= 0.6 is 11.8 Å². The highest BCUT2D eigenvalue weighted by Crippen LogP contribution is 2.23. The molecule has 2 aromatic heterocycles. The molecule has 0 aliphatic carbocycles. The van der Waals surface area contributed by atoms with Gasteiger partial charge in [-0.1, -0.05) is 18.7 Å². The number of H-pyrrole nitrogens is 1. The number of aromatic amines is 1. The highest BCUT2D eigenvalue weighted by Gasteiger charge is 2.18. The number of nitrogens with zero attached hydrogens (tertiary/aromatic N) is 2. The molecule has 0 fully saturated rings. The van der Waals surface area contributed by atoms with Crippen LogP contribution in [0.3, 0.4) is 0 Å². The number of benzene rings is 1. The van der Waals surface area contributed by atoms with Gasteiger partial charge in [0.2, 0.25) is 0 Å². The van der Waals surface area contributed by atoms with E-state index in [0.29, 0.717) is 21.8 Å². The second-order valence-corrected chi connectivity index (χ2v) is 7.20. The van der Waals surface area contributed by atoms with E-state index in [4.69, 9.17) is 0 Å². The van der Waals surface area contributed by atoms with Crippen LogP contribution in [-0.2, 0) is 0 Å². The quantitative estimate of drug-likeness (QED) is 0.401. The van der Waals surface area contributed by atoms with E-state index < -0.39 is 0 Å². The van der Waals surface area contributed by atoms with E-state index in [9.17, 15) is 14.0 Å². The summed E-state index contributed by atoms with van der Waals surface area (Å²) in [6, 6.07) is 7.24. The van der Waals surface area contributed by atoms with Gasteiger partial charge >= 0.3 is 0 Å². The Balaban J connectivity index is 1.94. The number of hydrogen-bond donors (Lipinski definition) is 1. The largest absolute Gasteiger partial charge is 0.353 e. The number of nitrogens with one attached hydrogen (secondary N) is 1. The molecule has 3 rings (SSSR count). The van der Waals surface area contributed by atoms with Crippen molar-refractivity contribution in [1.82, 2.24) is 14.5 Å². The Morgan fingerprint density at radius 2 is 2.04 bits per heavy atom. The van der Waals surface area contributed by atoms with Crippen molar-refractivity contribution in [2.45, 2.75) is 38.4 Å². The molecule has 3 aromatic rings. The van der Waals surface area contributed by atoms with Gasteiger partial charge in [-0.05, 0) is 50.6 Å². The molecule has 1 atom stereocenters. The average molecular weight is 373 g/mol. The van der Waals surface area contributed by atoms with E-state index in [-0.39, 0.29) is 29.0 Å². The van der Waals surface area contributed by atoms with Gasteiger partial charge in [0.25, 0.3) is 5.56 Å². The fourth-order valence-corrected chi connectivity index (χ4v) is 3.70. The first-order chi connectivity index (χ1) is 12.4. The summed E-state index contributed by atoms with van der Waals surface area (Å²) in [6.45, 7) is 5.83. The normalized spacial score (nSPS) is 12.5. The Bertz CT molecular complexity index is 1010. The third-order valence-electron chi connectivity index (χ3n) is 4.32. The lowest BCUT2D eigenvalue weighted by Crippen LogP contribution is -2.26. The molecule has 0 spiro atoms. The van der Waals surface area contributed by atoms with E-state index in [1.165, 1.54) is 36.0 Å². The summed E-state index contributed by atoms with van der Waals surface area (Å²) in [4.78, 5) is 32.9. The summed E-state index contributed by atoms with van der Waals surface area (Å²) in [7, 11) is 0. The molecule has 0 saturated carbocycles. The van der Waals surface area contributed by atoms with Gasteiger partial charge in [0.1, 0.15) is 11.3 Å². The zero-order chi connectivity index (χ0) is 18.8. The van der Waals surface area contributed by atoms with Crippen molar-refractivity contribution in [3.05, 3.63) is 57.8 Å². The molecule has 0 aliphatic heterocycles. The van der Waals surface area contributed by atoms with Crippen molar-refractivity contribution >= 4 is 28.6 Å². The van der Waals surface area contributed by atoms with Crippen molar-refractivity contribution in [2.24, 2.45) is 0 Å². The summed E-state index contributed by atoms with van der Waals surface area (Å²) in [5.74, 6) is -0.385. The first-order valence-electron chi connectivity index (χ1n) is 8.44. The van der Waals surface area contributed by atoms with E-state index >= 15 is 0 Å². The third kappa shape index (κ3) is 3.58. The molecule has 0 amide bonds. The fourth-order valence-electron chi connectivity index (χ4n) is 2.71. The van der Waals surface area contributed by atoms with Crippen LogP contribution in [0, 0.1) is 12.7 Å². The second-order valence-electron chi connectivity index (χ2n) is 6.26. The van der Waals surface area contributed by atoms with Gasteiger partial charge in [-0.2, -0.15) is 0 Å². The molecule has 0 saturated heterocycles. The maximum atomic E-state index is 13.0. The van der Waals surface area contributed by atoms with Crippen LogP contribution in [0.25, 0.3) is 11.0 Å². The fraction of sp³-hybridized carbons (Fsp3) is 0.316. The number of rotatable bonds is 6. The molecular formula is C19H20FN3O2S. The highest BCUT2D eigenvalue weighted by molar-refractivity contribution is 7.99. The van der Waals surface area contributed by atoms with Crippen molar-refractivity contribution in [1.29, 1.82) is 0 Å². The van der Waals surface area contributed by atoms with Crippen LogP contribution in [0.15, 0.2) is 40.3 Å². The number of hydrogen-bond acceptors (Lipinski definition) is 4. The smallest absolute Gasteiger partial charge is 0.278 e. The molecule has 5 nitrogen and oxygen atoms in total. The Morgan fingerprint density at radius 1 is 1.35 bits per heavy atom. The van der Waals surface area contributed by atoms with E-state index in [0.717, 1.165) is 12.1 Å². The molecule has 2 heterocycles. The van der Waals surface area contributed by atoms with Crippen LogP contribution in [0.1, 0.15) is 42.4 Å². The lowest BCUT2D eigenvalue weighted by atomic mass is 10.1. The third-order valence-corrected chi connectivity index (χ3v) is 5.27. The molecule has 1 aromatic carbocycles. The lowest BCUT2D eigenvalue weighted by molar-refractivity contribution is 0.102. The molecule has 136 valence electrons. The number of thioether (sulfide) groups is 1. The van der Waals surface area contributed by atoms with Crippen LogP contribution in [0.5, 0.6) is 0 Å².